The zero-order chi connectivity index (χ0) is 21.3. The van der Waals surface area contributed by atoms with Crippen molar-refractivity contribution in [2.24, 2.45) is 13.0 Å². The number of benzene rings is 1. The molecule has 1 unspecified atom stereocenters. The van der Waals surface area contributed by atoms with Crippen molar-refractivity contribution in [3.8, 4) is 17.5 Å². The van der Waals surface area contributed by atoms with Gasteiger partial charge in [0.25, 0.3) is 0 Å². The van der Waals surface area contributed by atoms with Crippen LogP contribution >= 0.6 is 23.1 Å². The molecule has 1 aliphatic carbocycles. The van der Waals surface area contributed by atoms with E-state index in [4.69, 9.17) is 0 Å². The third kappa shape index (κ3) is 4.00. The topological polar surface area (TPSA) is 83.6 Å². The number of hydrogen-bond acceptors (Lipinski definition) is 6. The quantitative estimate of drug-likeness (QED) is 0.591. The molecule has 2 heterocycles. The summed E-state index contributed by atoms with van der Waals surface area (Å²) in [5.41, 5.74) is 3.92. The Labute approximate surface area is 184 Å². The summed E-state index contributed by atoms with van der Waals surface area (Å²) in [6.45, 7) is 4.27. The average Bonchev–Trinajstić information content (AvgIpc) is 3.25. The minimum atomic E-state index is -0.136. The lowest BCUT2D eigenvalue weighted by atomic mass is 9.89. The van der Waals surface area contributed by atoms with Crippen LogP contribution in [0.5, 0.6) is 0 Å². The highest BCUT2D eigenvalue weighted by Gasteiger charge is 2.25. The van der Waals surface area contributed by atoms with Gasteiger partial charge in [0, 0.05) is 17.5 Å². The molecule has 4 rings (SSSR count). The first-order valence-electron chi connectivity index (χ1n) is 9.90. The second-order valence-electron chi connectivity index (χ2n) is 7.68. The van der Waals surface area contributed by atoms with Crippen LogP contribution in [-0.4, -0.2) is 26.4 Å². The van der Waals surface area contributed by atoms with Gasteiger partial charge in [0.1, 0.15) is 11.1 Å². The normalized spacial score (nSPS) is 15.5. The van der Waals surface area contributed by atoms with Crippen molar-refractivity contribution < 1.29 is 4.79 Å². The zero-order valence-electron chi connectivity index (χ0n) is 17.2. The van der Waals surface area contributed by atoms with E-state index in [9.17, 15) is 10.1 Å². The highest BCUT2D eigenvalue weighted by atomic mass is 32.2. The Hall–Kier alpha value is -2.63. The fourth-order valence-electron chi connectivity index (χ4n) is 3.75. The van der Waals surface area contributed by atoms with Gasteiger partial charge in [-0.2, -0.15) is 5.26 Å². The fourth-order valence-corrected chi connectivity index (χ4v) is 5.84. The number of thioether (sulfide) groups is 1. The molecule has 0 spiro atoms. The van der Waals surface area contributed by atoms with E-state index >= 15 is 0 Å². The molecule has 0 fully saturated rings. The number of nitriles is 1. The SMILES string of the molecule is Cc1ccccc1-c1nnc(SCC(=O)Nc2sc3c(c2C#N)CCC(C)C3)n1C. The second kappa shape index (κ2) is 8.62. The third-order valence-electron chi connectivity index (χ3n) is 5.43. The molecule has 2 aromatic heterocycles. The van der Waals surface area contributed by atoms with E-state index in [1.54, 1.807) is 11.3 Å². The van der Waals surface area contributed by atoms with Crippen molar-refractivity contribution in [1.82, 2.24) is 14.8 Å². The number of aryl methyl sites for hydroxylation is 1. The maximum atomic E-state index is 12.6. The molecular weight excluding hydrogens is 414 g/mol. The van der Waals surface area contributed by atoms with E-state index in [-0.39, 0.29) is 11.7 Å². The van der Waals surface area contributed by atoms with Crippen LogP contribution in [0.15, 0.2) is 29.4 Å². The lowest BCUT2D eigenvalue weighted by Crippen LogP contribution is -2.14. The number of anilines is 1. The van der Waals surface area contributed by atoms with E-state index in [1.807, 2.05) is 42.8 Å². The van der Waals surface area contributed by atoms with Gasteiger partial charge in [0.05, 0.1) is 11.3 Å². The second-order valence-corrected chi connectivity index (χ2v) is 9.73. The van der Waals surface area contributed by atoms with Crippen LogP contribution < -0.4 is 5.32 Å². The minimum absolute atomic E-state index is 0.136. The molecule has 154 valence electrons. The van der Waals surface area contributed by atoms with Crippen LogP contribution in [0.1, 0.15) is 34.9 Å². The summed E-state index contributed by atoms with van der Waals surface area (Å²) in [7, 11) is 1.91. The van der Waals surface area contributed by atoms with Crippen molar-refractivity contribution in [1.29, 1.82) is 5.26 Å². The highest BCUT2D eigenvalue weighted by molar-refractivity contribution is 7.99. The predicted octanol–water partition coefficient (Wildman–Crippen LogP) is 4.58. The highest BCUT2D eigenvalue weighted by Crippen LogP contribution is 2.39. The van der Waals surface area contributed by atoms with Crippen LogP contribution in [0.3, 0.4) is 0 Å². The van der Waals surface area contributed by atoms with Gasteiger partial charge >= 0.3 is 0 Å². The number of nitrogens with one attached hydrogen (secondary N) is 1. The predicted molar refractivity (Wildman–Crippen MR) is 121 cm³/mol. The first kappa shape index (κ1) is 20.6. The lowest BCUT2D eigenvalue weighted by molar-refractivity contribution is -0.113. The lowest BCUT2D eigenvalue weighted by Gasteiger charge is -2.17. The van der Waals surface area contributed by atoms with Crippen LogP contribution in [-0.2, 0) is 24.7 Å². The number of aromatic nitrogens is 3. The van der Waals surface area contributed by atoms with Gasteiger partial charge in [-0.3, -0.25) is 4.79 Å². The van der Waals surface area contributed by atoms with Gasteiger partial charge in [-0.25, -0.2) is 0 Å². The van der Waals surface area contributed by atoms with E-state index < -0.39 is 0 Å². The van der Waals surface area contributed by atoms with Crippen molar-refractivity contribution in [3.63, 3.8) is 0 Å². The molecule has 0 saturated carbocycles. The number of hydrogen-bond donors (Lipinski definition) is 1. The molecule has 1 aliphatic rings. The molecule has 3 aromatic rings. The van der Waals surface area contributed by atoms with Gasteiger partial charge in [0.2, 0.25) is 5.91 Å². The number of carbonyl (C=O) groups excluding carboxylic acids is 1. The molecule has 6 nitrogen and oxygen atoms in total. The largest absolute Gasteiger partial charge is 0.316 e. The van der Waals surface area contributed by atoms with Gasteiger partial charge in [-0.15, -0.1) is 21.5 Å². The number of carbonyl (C=O) groups is 1. The van der Waals surface area contributed by atoms with E-state index in [2.05, 4.69) is 28.5 Å². The molecule has 0 radical (unpaired) electrons. The summed E-state index contributed by atoms with van der Waals surface area (Å²) in [4.78, 5) is 13.8. The summed E-state index contributed by atoms with van der Waals surface area (Å²) < 4.78 is 1.91. The van der Waals surface area contributed by atoms with Crippen molar-refractivity contribution in [2.45, 2.75) is 38.3 Å². The molecule has 1 aromatic carbocycles. The van der Waals surface area contributed by atoms with Gasteiger partial charge < -0.3 is 9.88 Å². The first-order valence-corrected chi connectivity index (χ1v) is 11.7. The smallest absolute Gasteiger partial charge is 0.235 e. The number of amides is 1. The number of rotatable bonds is 5. The summed E-state index contributed by atoms with van der Waals surface area (Å²) in [5, 5.41) is 22.5. The van der Waals surface area contributed by atoms with Crippen LogP contribution in [0.2, 0.25) is 0 Å². The maximum Gasteiger partial charge on any atom is 0.235 e. The molecule has 1 N–H and O–H groups in total. The molecule has 1 atom stereocenters. The number of nitrogens with zero attached hydrogens (tertiary/aromatic N) is 4. The summed E-state index contributed by atoms with van der Waals surface area (Å²) in [5.74, 6) is 1.48. The van der Waals surface area contributed by atoms with Gasteiger partial charge in [0.15, 0.2) is 11.0 Å². The Bertz CT molecular complexity index is 1140. The molecule has 30 heavy (non-hydrogen) atoms. The minimum Gasteiger partial charge on any atom is -0.316 e. The number of thiophene rings is 1. The Morgan fingerprint density at radius 2 is 2.20 bits per heavy atom. The standard InChI is InChI=1S/C22H23N5OS2/c1-13-8-9-16-17(11-23)21(30-18(16)10-13)24-19(28)12-29-22-26-25-20(27(22)3)15-7-5-4-6-14(15)2/h4-7,13H,8-10,12H2,1-3H3,(H,24,28). The molecule has 1 amide bonds. The van der Waals surface area contributed by atoms with E-state index in [1.165, 1.54) is 16.6 Å². The van der Waals surface area contributed by atoms with E-state index in [0.29, 0.717) is 21.6 Å². The fraction of sp³-hybridized carbons (Fsp3) is 0.364. The van der Waals surface area contributed by atoms with Crippen LogP contribution in [0.4, 0.5) is 5.00 Å². The van der Waals surface area contributed by atoms with Gasteiger partial charge in [-0.1, -0.05) is 43.0 Å². The summed E-state index contributed by atoms with van der Waals surface area (Å²) >= 11 is 2.89. The summed E-state index contributed by atoms with van der Waals surface area (Å²) in [6.07, 6.45) is 3.00. The monoisotopic (exact) mass is 437 g/mol. The zero-order valence-corrected chi connectivity index (χ0v) is 18.9. The van der Waals surface area contributed by atoms with Crippen molar-refractivity contribution in [2.75, 3.05) is 11.1 Å². The molecular formula is C22H23N5OS2. The number of fused-ring (bicyclic) bond motifs is 1. The molecule has 0 bridgehead atoms. The Kier molecular flexibility index (Phi) is 5.93. The Morgan fingerprint density at radius 1 is 1.40 bits per heavy atom. The maximum absolute atomic E-state index is 12.6. The molecule has 0 aliphatic heterocycles. The third-order valence-corrected chi connectivity index (χ3v) is 7.62. The van der Waals surface area contributed by atoms with Crippen molar-refractivity contribution in [3.05, 3.63) is 45.8 Å². The first-order chi connectivity index (χ1) is 14.5. The van der Waals surface area contributed by atoms with Crippen molar-refractivity contribution >= 4 is 34.0 Å². The average molecular weight is 438 g/mol. The molecule has 8 heteroatoms. The van der Waals surface area contributed by atoms with Gasteiger partial charge in [-0.05, 0) is 43.2 Å². The Balaban J connectivity index is 1.44. The van der Waals surface area contributed by atoms with Crippen LogP contribution in [0, 0.1) is 24.2 Å². The molecule has 0 saturated heterocycles. The van der Waals surface area contributed by atoms with Crippen LogP contribution in [0.25, 0.3) is 11.4 Å². The Morgan fingerprint density at radius 3 is 2.97 bits per heavy atom. The van der Waals surface area contributed by atoms with E-state index in [0.717, 1.165) is 41.8 Å². The summed E-state index contributed by atoms with van der Waals surface area (Å²) in [6, 6.07) is 10.3.